The van der Waals surface area contributed by atoms with E-state index in [1.54, 1.807) is 20.8 Å². The van der Waals surface area contributed by atoms with Crippen molar-refractivity contribution < 1.29 is 14.3 Å². The minimum atomic E-state index is -0.690. The summed E-state index contributed by atoms with van der Waals surface area (Å²) in [7, 11) is 0. The maximum atomic E-state index is 11.9. The number of fused-ring (bicyclic) bond motifs is 1. The highest BCUT2D eigenvalue weighted by atomic mass is 16.6. The fraction of sp³-hybridized carbons (Fsp3) is 0.429. The van der Waals surface area contributed by atoms with Crippen LogP contribution in [-0.4, -0.2) is 17.6 Å². The highest BCUT2D eigenvalue weighted by Crippen LogP contribution is 2.31. The number of amides is 2. The predicted octanol–water partition coefficient (Wildman–Crippen LogP) is 2.51. The van der Waals surface area contributed by atoms with Gasteiger partial charge in [0.15, 0.2) is 0 Å². The van der Waals surface area contributed by atoms with Crippen molar-refractivity contribution in [3.8, 4) is 0 Å². The summed E-state index contributed by atoms with van der Waals surface area (Å²) in [6.45, 7) is 7.27. The molecule has 1 aliphatic heterocycles. The van der Waals surface area contributed by atoms with Crippen LogP contribution in [0.5, 0.6) is 0 Å². The maximum Gasteiger partial charge on any atom is 0.408 e. The zero-order valence-electron chi connectivity index (χ0n) is 11.5. The summed E-state index contributed by atoms with van der Waals surface area (Å²) < 4.78 is 5.16. The van der Waals surface area contributed by atoms with Gasteiger partial charge in [0.2, 0.25) is 0 Å². The number of rotatable bonds is 1. The molecule has 0 bridgehead atoms. The number of benzene rings is 1. The van der Waals surface area contributed by atoms with Gasteiger partial charge in [-0.05, 0) is 33.8 Å². The zero-order valence-corrected chi connectivity index (χ0v) is 11.5. The Kier molecular flexibility index (Phi) is 3.22. The lowest BCUT2D eigenvalue weighted by molar-refractivity contribution is -0.117. The van der Waals surface area contributed by atoms with E-state index in [0.29, 0.717) is 0 Å². The number of nitrogens with one attached hydrogen (secondary N) is 2. The van der Waals surface area contributed by atoms with Crippen LogP contribution in [0, 0.1) is 6.92 Å². The van der Waals surface area contributed by atoms with E-state index < -0.39 is 17.7 Å². The second-order valence-corrected chi connectivity index (χ2v) is 5.66. The van der Waals surface area contributed by atoms with Gasteiger partial charge >= 0.3 is 6.09 Å². The molecule has 0 radical (unpaired) electrons. The van der Waals surface area contributed by atoms with E-state index in [2.05, 4.69) is 10.6 Å². The van der Waals surface area contributed by atoms with E-state index in [4.69, 9.17) is 4.74 Å². The van der Waals surface area contributed by atoms with Gasteiger partial charge in [-0.25, -0.2) is 4.79 Å². The summed E-state index contributed by atoms with van der Waals surface area (Å²) >= 11 is 0. The van der Waals surface area contributed by atoms with Gasteiger partial charge in [0.05, 0.1) is 0 Å². The minimum absolute atomic E-state index is 0.244. The van der Waals surface area contributed by atoms with Crippen molar-refractivity contribution in [3.05, 3.63) is 29.3 Å². The van der Waals surface area contributed by atoms with Crippen LogP contribution in [0.15, 0.2) is 18.2 Å². The summed E-state index contributed by atoms with van der Waals surface area (Å²) in [5.41, 5.74) is 1.95. The molecule has 1 aromatic carbocycles. The molecular weight excluding hydrogens is 244 g/mol. The number of ether oxygens (including phenoxy) is 1. The van der Waals surface area contributed by atoms with Crippen LogP contribution >= 0.6 is 0 Å². The second kappa shape index (κ2) is 4.57. The molecule has 5 nitrogen and oxygen atoms in total. The van der Waals surface area contributed by atoms with Crippen LogP contribution in [0.1, 0.15) is 37.9 Å². The van der Waals surface area contributed by atoms with Crippen LogP contribution in [0.2, 0.25) is 0 Å². The number of carbonyl (C=O) groups is 2. The molecule has 0 aliphatic carbocycles. The molecule has 102 valence electrons. The molecule has 0 spiro atoms. The first-order chi connectivity index (χ1) is 8.76. The normalized spacial score (nSPS) is 17.7. The van der Waals surface area contributed by atoms with Crippen molar-refractivity contribution in [2.24, 2.45) is 0 Å². The molecule has 0 saturated heterocycles. The molecule has 0 saturated carbocycles. The number of carbonyl (C=O) groups excluding carboxylic acids is 2. The third-order valence-electron chi connectivity index (χ3n) is 2.70. The Morgan fingerprint density at radius 3 is 2.68 bits per heavy atom. The molecule has 2 amide bonds. The van der Waals surface area contributed by atoms with Crippen molar-refractivity contribution >= 4 is 17.7 Å². The highest BCUT2D eigenvalue weighted by Gasteiger charge is 2.33. The number of hydrogen-bond donors (Lipinski definition) is 2. The summed E-state index contributed by atoms with van der Waals surface area (Å²) in [4.78, 5) is 23.6. The lowest BCUT2D eigenvalue weighted by Crippen LogP contribution is -2.37. The van der Waals surface area contributed by atoms with Gasteiger partial charge in [-0.3, -0.25) is 4.79 Å². The summed E-state index contributed by atoms with van der Waals surface area (Å²) in [5.74, 6) is -0.244. The van der Waals surface area contributed by atoms with Gasteiger partial charge in [0, 0.05) is 11.3 Å². The summed E-state index contributed by atoms with van der Waals surface area (Å²) in [5, 5.41) is 5.33. The lowest BCUT2D eigenvalue weighted by Gasteiger charge is -2.21. The number of hydrogen-bond acceptors (Lipinski definition) is 3. The molecule has 1 unspecified atom stereocenters. The third-order valence-corrected chi connectivity index (χ3v) is 2.70. The van der Waals surface area contributed by atoms with E-state index >= 15 is 0 Å². The standard InChI is InChI=1S/C14H18N2O3/c1-8-5-6-10-9(7-8)11(12(17)15-10)16-13(18)19-14(2,3)4/h5-7,11H,1-4H3,(H,15,17)(H,16,18). The summed E-state index contributed by atoms with van der Waals surface area (Å²) in [6, 6.07) is 4.94. The third kappa shape index (κ3) is 3.05. The fourth-order valence-electron chi connectivity index (χ4n) is 1.95. The smallest absolute Gasteiger partial charge is 0.408 e. The van der Waals surface area contributed by atoms with Crippen molar-refractivity contribution in [1.82, 2.24) is 5.32 Å². The van der Waals surface area contributed by atoms with Gasteiger partial charge in [-0.1, -0.05) is 17.7 Å². The van der Waals surface area contributed by atoms with E-state index in [1.165, 1.54) is 0 Å². The van der Waals surface area contributed by atoms with Crippen molar-refractivity contribution in [1.29, 1.82) is 0 Å². The maximum absolute atomic E-state index is 11.9. The molecular formula is C14H18N2O3. The molecule has 1 aliphatic rings. The van der Waals surface area contributed by atoms with Crippen LogP contribution in [0.25, 0.3) is 0 Å². The molecule has 2 N–H and O–H groups in total. The van der Waals surface area contributed by atoms with Crippen LogP contribution in [-0.2, 0) is 9.53 Å². The Morgan fingerprint density at radius 2 is 2.05 bits per heavy atom. The molecule has 5 heteroatoms. The first kappa shape index (κ1) is 13.4. The Hall–Kier alpha value is -2.04. The Balaban J connectivity index is 2.16. The zero-order chi connectivity index (χ0) is 14.2. The van der Waals surface area contributed by atoms with Crippen molar-refractivity contribution in [3.63, 3.8) is 0 Å². The van der Waals surface area contributed by atoms with Gasteiger partial charge in [-0.15, -0.1) is 0 Å². The van der Waals surface area contributed by atoms with Crippen molar-refractivity contribution in [2.75, 3.05) is 5.32 Å². The Bertz CT molecular complexity index is 532. The highest BCUT2D eigenvalue weighted by molar-refractivity contribution is 6.04. The van der Waals surface area contributed by atoms with E-state index in [-0.39, 0.29) is 5.91 Å². The number of aryl methyl sites for hydroxylation is 1. The van der Waals surface area contributed by atoms with E-state index in [0.717, 1.165) is 16.8 Å². The van der Waals surface area contributed by atoms with E-state index in [1.807, 2.05) is 25.1 Å². The average molecular weight is 262 g/mol. The first-order valence-corrected chi connectivity index (χ1v) is 6.17. The summed E-state index contributed by atoms with van der Waals surface area (Å²) in [6.07, 6.45) is -0.595. The predicted molar refractivity (Wildman–Crippen MR) is 71.9 cm³/mol. The van der Waals surface area contributed by atoms with Gasteiger partial charge in [-0.2, -0.15) is 0 Å². The van der Waals surface area contributed by atoms with Crippen LogP contribution in [0.4, 0.5) is 10.5 Å². The Morgan fingerprint density at radius 1 is 1.37 bits per heavy atom. The molecule has 19 heavy (non-hydrogen) atoms. The second-order valence-electron chi connectivity index (χ2n) is 5.66. The Labute approximate surface area is 112 Å². The monoisotopic (exact) mass is 262 g/mol. The SMILES string of the molecule is Cc1ccc2c(c1)C(NC(=O)OC(C)(C)C)C(=O)N2. The minimum Gasteiger partial charge on any atom is -0.444 e. The van der Waals surface area contributed by atoms with Crippen molar-refractivity contribution in [2.45, 2.75) is 39.3 Å². The van der Waals surface area contributed by atoms with E-state index in [9.17, 15) is 9.59 Å². The lowest BCUT2D eigenvalue weighted by atomic mass is 10.1. The van der Waals surface area contributed by atoms with Gasteiger partial charge < -0.3 is 15.4 Å². The average Bonchev–Trinajstić information content (AvgIpc) is 2.53. The fourth-order valence-corrected chi connectivity index (χ4v) is 1.95. The molecule has 0 fully saturated rings. The number of alkyl carbamates (subject to hydrolysis) is 1. The first-order valence-electron chi connectivity index (χ1n) is 6.17. The van der Waals surface area contributed by atoms with Gasteiger partial charge in [0.1, 0.15) is 11.6 Å². The quantitative estimate of drug-likeness (QED) is 0.817. The molecule has 1 atom stereocenters. The molecule has 0 aromatic heterocycles. The number of anilines is 1. The molecule has 1 heterocycles. The van der Waals surface area contributed by atoms with Crippen LogP contribution in [0.3, 0.4) is 0 Å². The molecule has 2 rings (SSSR count). The van der Waals surface area contributed by atoms with Gasteiger partial charge in [0.25, 0.3) is 5.91 Å². The van der Waals surface area contributed by atoms with Crippen LogP contribution < -0.4 is 10.6 Å². The topological polar surface area (TPSA) is 67.4 Å². The largest absolute Gasteiger partial charge is 0.444 e. The molecule has 1 aromatic rings.